The second kappa shape index (κ2) is 14.1. The lowest BCUT2D eigenvalue weighted by atomic mass is 9.93. The molecule has 0 bridgehead atoms. The van der Waals surface area contributed by atoms with E-state index in [-0.39, 0.29) is 30.7 Å². The lowest BCUT2D eigenvalue weighted by molar-refractivity contribution is -0.147. The summed E-state index contributed by atoms with van der Waals surface area (Å²) in [5.41, 5.74) is 1.61. The van der Waals surface area contributed by atoms with Gasteiger partial charge < -0.3 is 30.9 Å². The Morgan fingerprint density at radius 1 is 0.830 bits per heavy atom. The van der Waals surface area contributed by atoms with Crippen molar-refractivity contribution in [2.75, 3.05) is 13.7 Å². The molecule has 4 fully saturated rings. The van der Waals surface area contributed by atoms with Crippen LogP contribution in [0.4, 0.5) is 5.69 Å². The zero-order valence-corrected chi connectivity index (χ0v) is 27.9. The number of hydrogen-bond acceptors (Lipinski definition) is 8. The number of carbonyl (C=O) groups excluding carboxylic acids is 6. The van der Waals surface area contributed by atoms with E-state index in [1.54, 1.807) is 0 Å². The Kier molecular flexibility index (Phi) is 9.95. The zero-order chi connectivity index (χ0) is 33.2. The summed E-state index contributed by atoms with van der Waals surface area (Å²) in [5, 5.41) is 11.5. The predicted octanol–water partition coefficient (Wildman–Crippen LogP) is 1.71. The van der Waals surface area contributed by atoms with Crippen LogP contribution in [0.2, 0.25) is 0 Å². The molecule has 13 nitrogen and oxygen atoms in total. The standard InChI is InChI=1S/C33H41BrN6O7/c1-47-25(41)16-23-33(46)40-14-6-11-24(40)30(43)38-26(17-7-2-3-8-17)32(45)39-27(18-12-13-18)31(44)36-22(29(42)37-23)15-20-19-9-4-5-10-21(19)35-28(20)34/h4-5,9-10,17-18,20,22-24,26-27H,2-3,6-8,11-16H2,1H3,(H,36,44)(H,37,42)(H,38,43)(H,39,45)/t20?,22-,23-,24+,26-,27?/m1/s1. The van der Waals surface area contributed by atoms with Crippen molar-refractivity contribution >= 4 is 61.7 Å². The van der Waals surface area contributed by atoms with Crippen LogP contribution in [0.15, 0.2) is 29.3 Å². The Morgan fingerprint density at radius 3 is 2.17 bits per heavy atom. The van der Waals surface area contributed by atoms with Gasteiger partial charge in [-0.1, -0.05) is 31.0 Å². The quantitative estimate of drug-likeness (QED) is 0.325. The van der Waals surface area contributed by atoms with Crippen LogP contribution in [0.25, 0.3) is 0 Å². The van der Waals surface area contributed by atoms with E-state index >= 15 is 0 Å². The Bertz CT molecular complexity index is 1470. The van der Waals surface area contributed by atoms with Crippen LogP contribution in [0.3, 0.4) is 0 Å². The van der Waals surface area contributed by atoms with E-state index in [1.165, 1.54) is 12.0 Å². The van der Waals surface area contributed by atoms with Gasteiger partial charge in [-0.3, -0.25) is 28.8 Å². The van der Waals surface area contributed by atoms with Crippen molar-refractivity contribution in [1.29, 1.82) is 0 Å². The van der Waals surface area contributed by atoms with E-state index in [1.807, 2.05) is 24.3 Å². The Labute approximate surface area is 281 Å². The zero-order valence-electron chi connectivity index (χ0n) is 26.3. The maximum absolute atomic E-state index is 14.1. The first-order valence-corrected chi connectivity index (χ1v) is 17.4. The topological polar surface area (TPSA) is 175 Å². The molecule has 1 aromatic carbocycles. The van der Waals surface area contributed by atoms with Gasteiger partial charge in [-0.05, 0) is 84.3 Å². The molecule has 2 saturated carbocycles. The highest BCUT2D eigenvalue weighted by Crippen LogP contribution is 2.40. The predicted molar refractivity (Wildman–Crippen MR) is 174 cm³/mol. The molecule has 3 aliphatic heterocycles. The number of nitrogens with one attached hydrogen (secondary N) is 4. The summed E-state index contributed by atoms with van der Waals surface area (Å²) in [5.74, 6) is -4.01. The molecular weight excluding hydrogens is 672 g/mol. The summed E-state index contributed by atoms with van der Waals surface area (Å²) in [6.45, 7) is 0.247. The van der Waals surface area contributed by atoms with Crippen LogP contribution < -0.4 is 21.3 Å². The number of para-hydroxylation sites is 1. The van der Waals surface area contributed by atoms with Crippen LogP contribution in [0.1, 0.15) is 75.7 Å². The number of nitrogens with zero attached hydrogens (tertiary/aromatic N) is 2. The molecule has 2 aliphatic carbocycles. The summed E-state index contributed by atoms with van der Waals surface area (Å²) >= 11 is 3.54. The van der Waals surface area contributed by atoms with Crippen molar-refractivity contribution < 1.29 is 33.5 Å². The van der Waals surface area contributed by atoms with E-state index in [9.17, 15) is 28.8 Å². The van der Waals surface area contributed by atoms with Gasteiger partial charge in [0, 0.05) is 12.5 Å². The van der Waals surface area contributed by atoms with Gasteiger partial charge in [0.05, 0.1) is 23.8 Å². The van der Waals surface area contributed by atoms with E-state index < -0.39 is 72.1 Å². The van der Waals surface area contributed by atoms with E-state index in [0.29, 0.717) is 17.5 Å². The summed E-state index contributed by atoms with van der Waals surface area (Å²) < 4.78 is 5.44. The number of amides is 5. The first kappa shape index (κ1) is 33.1. The van der Waals surface area contributed by atoms with Crippen molar-refractivity contribution in [3.05, 3.63) is 29.8 Å². The van der Waals surface area contributed by atoms with Gasteiger partial charge in [-0.15, -0.1) is 0 Å². The molecule has 6 rings (SSSR count). The van der Waals surface area contributed by atoms with Gasteiger partial charge in [-0.2, -0.15) is 0 Å². The number of methoxy groups -OCH3 is 1. The highest BCUT2D eigenvalue weighted by atomic mass is 79.9. The minimum Gasteiger partial charge on any atom is -0.469 e. The number of halogens is 1. The normalized spacial score (nSPS) is 30.6. The molecular formula is C33H41BrN6O7. The number of hydrogen-bond donors (Lipinski definition) is 4. The number of rotatable bonds is 6. The van der Waals surface area contributed by atoms with Crippen LogP contribution in [-0.4, -0.2) is 88.9 Å². The third-order valence-corrected chi connectivity index (χ3v) is 10.8. The minimum atomic E-state index is -1.34. The van der Waals surface area contributed by atoms with E-state index in [2.05, 4.69) is 42.2 Å². The number of carbonyl (C=O) groups is 6. The molecule has 2 saturated heterocycles. The van der Waals surface area contributed by atoms with Crippen LogP contribution in [-0.2, 0) is 33.5 Å². The lowest BCUT2D eigenvalue weighted by Crippen LogP contribution is -2.59. The highest BCUT2D eigenvalue weighted by Gasteiger charge is 2.45. The molecule has 14 heteroatoms. The SMILES string of the molecule is COC(=O)C[C@H]1NC(=O)[C@@H](CC2C(Br)=Nc3ccccc32)NC(=O)C(C2CC2)NC(=O)[C@@H](C2CCCC2)NC(=O)[C@@H]2CCCN2C1=O. The number of esters is 1. The van der Waals surface area contributed by atoms with Crippen LogP contribution >= 0.6 is 15.9 Å². The van der Waals surface area contributed by atoms with Gasteiger partial charge in [-0.25, -0.2) is 4.99 Å². The smallest absolute Gasteiger partial charge is 0.308 e. The van der Waals surface area contributed by atoms with Gasteiger partial charge in [0.1, 0.15) is 30.2 Å². The third kappa shape index (κ3) is 7.21. The average molecular weight is 714 g/mol. The second-order valence-electron chi connectivity index (χ2n) is 13.2. The van der Waals surface area contributed by atoms with Crippen molar-refractivity contribution in [1.82, 2.24) is 26.2 Å². The van der Waals surface area contributed by atoms with Crippen molar-refractivity contribution in [2.45, 2.75) is 100 Å². The number of fused-ring (bicyclic) bond motifs is 2. The van der Waals surface area contributed by atoms with Crippen molar-refractivity contribution in [3.63, 3.8) is 0 Å². The number of benzene rings is 1. The van der Waals surface area contributed by atoms with E-state index in [4.69, 9.17) is 4.74 Å². The lowest BCUT2D eigenvalue weighted by Gasteiger charge is -2.31. The largest absolute Gasteiger partial charge is 0.469 e. The van der Waals surface area contributed by atoms with Gasteiger partial charge in [0.15, 0.2) is 0 Å². The molecule has 5 amide bonds. The number of ether oxygens (including phenoxy) is 1. The van der Waals surface area contributed by atoms with Crippen LogP contribution in [0.5, 0.6) is 0 Å². The first-order valence-electron chi connectivity index (χ1n) is 16.6. The van der Waals surface area contributed by atoms with Gasteiger partial charge >= 0.3 is 5.97 Å². The molecule has 252 valence electrons. The Morgan fingerprint density at radius 2 is 1.47 bits per heavy atom. The third-order valence-electron chi connectivity index (χ3n) is 10.1. The fourth-order valence-electron chi connectivity index (χ4n) is 7.39. The minimum absolute atomic E-state index is 0.0974. The van der Waals surface area contributed by atoms with Crippen LogP contribution in [0, 0.1) is 11.8 Å². The monoisotopic (exact) mass is 712 g/mol. The molecule has 1 aromatic rings. The molecule has 2 unspecified atom stereocenters. The number of aliphatic imine (C=N–C) groups is 1. The first-order chi connectivity index (χ1) is 22.6. The Balaban J connectivity index is 1.36. The maximum Gasteiger partial charge on any atom is 0.308 e. The van der Waals surface area contributed by atoms with Crippen molar-refractivity contribution in [2.24, 2.45) is 16.8 Å². The summed E-state index contributed by atoms with van der Waals surface area (Å²) in [6, 6.07) is 2.34. The summed E-state index contributed by atoms with van der Waals surface area (Å²) in [4.78, 5) is 88.2. The Hall–Kier alpha value is -3.81. The summed E-state index contributed by atoms with van der Waals surface area (Å²) in [6.07, 6.45) is 5.39. The maximum atomic E-state index is 14.1. The molecule has 0 spiro atoms. The summed E-state index contributed by atoms with van der Waals surface area (Å²) in [7, 11) is 1.19. The highest BCUT2D eigenvalue weighted by molar-refractivity contribution is 9.18. The molecule has 47 heavy (non-hydrogen) atoms. The van der Waals surface area contributed by atoms with Gasteiger partial charge in [0.2, 0.25) is 29.5 Å². The molecule has 4 N–H and O–H groups in total. The van der Waals surface area contributed by atoms with Crippen molar-refractivity contribution in [3.8, 4) is 0 Å². The molecule has 0 aromatic heterocycles. The molecule has 0 radical (unpaired) electrons. The average Bonchev–Trinajstić information content (AvgIpc) is 3.40. The molecule has 6 atom stereocenters. The fourth-order valence-corrected chi connectivity index (χ4v) is 8.02. The fraction of sp³-hybridized carbons (Fsp3) is 0.606. The molecule has 5 aliphatic rings. The van der Waals surface area contributed by atoms with E-state index in [0.717, 1.165) is 49.8 Å². The van der Waals surface area contributed by atoms with Gasteiger partial charge in [0.25, 0.3) is 0 Å². The second-order valence-corrected chi connectivity index (χ2v) is 14.0. The molecule has 3 heterocycles.